The van der Waals surface area contributed by atoms with Crippen LogP contribution in [0.1, 0.15) is 16.1 Å². The molecule has 2 aromatic heterocycles. The summed E-state index contributed by atoms with van der Waals surface area (Å²) in [6.45, 7) is 1.90. The molecule has 29 heavy (non-hydrogen) atoms. The molecule has 0 aliphatic carbocycles. The van der Waals surface area contributed by atoms with Crippen LogP contribution in [0, 0.1) is 12.7 Å². The van der Waals surface area contributed by atoms with Crippen LogP contribution >= 0.6 is 0 Å². The van der Waals surface area contributed by atoms with Gasteiger partial charge in [-0.2, -0.15) is 0 Å². The fourth-order valence-corrected chi connectivity index (χ4v) is 3.21. The molecule has 4 aromatic rings. The SMILES string of the molecule is Cc1noc2nc(-c3ccc4c(c3)OCO4)cc(C(=O)Nc3ccc(F)cc3)c12. The number of ether oxygens (including phenoxy) is 2. The van der Waals surface area contributed by atoms with Crippen LogP contribution < -0.4 is 14.8 Å². The van der Waals surface area contributed by atoms with E-state index >= 15 is 0 Å². The van der Waals surface area contributed by atoms with E-state index in [2.05, 4.69) is 15.5 Å². The lowest BCUT2D eigenvalue weighted by atomic mass is 10.0. The fourth-order valence-electron chi connectivity index (χ4n) is 3.21. The molecule has 1 aliphatic heterocycles. The second kappa shape index (κ2) is 6.59. The normalized spacial score (nSPS) is 12.3. The maximum atomic E-state index is 13.1. The van der Waals surface area contributed by atoms with Crippen molar-refractivity contribution >= 4 is 22.7 Å². The standard InChI is InChI=1S/C21H14FN3O4/c1-11-19-15(20(26)23-14-5-3-13(22)4-6-14)9-16(24-21(19)29-25-11)12-2-7-17-18(8-12)28-10-27-17/h2-9H,10H2,1H3,(H,23,26). The number of aromatic nitrogens is 2. The number of nitrogens with one attached hydrogen (secondary N) is 1. The Morgan fingerprint density at radius 2 is 1.86 bits per heavy atom. The van der Waals surface area contributed by atoms with Gasteiger partial charge in [-0.15, -0.1) is 0 Å². The average molecular weight is 391 g/mol. The third-order valence-electron chi connectivity index (χ3n) is 4.63. The number of amides is 1. The Morgan fingerprint density at radius 3 is 2.69 bits per heavy atom. The Bertz CT molecular complexity index is 1250. The van der Waals surface area contributed by atoms with Crippen molar-refractivity contribution < 1.29 is 23.2 Å². The number of nitrogens with zero attached hydrogens (tertiary/aromatic N) is 2. The lowest BCUT2D eigenvalue weighted by Crippen LogP contribution is -2.13. The number of anilines is 1. The van der Waals surface area contributed by atoms with Crippen molar-refractivity contribution in [3.8, 4) is 22.8 Å². The van der Waals surface area contributed by atoms with E-state index < -0.39 is 0 Å². The molecule has 0 spiro atoms. The predicted molar refractivity (Wildman–Crippen MR) is 102 cm³/mol. The van der Waals surface area contributed by atoms with Gasteiger partial charge in [0, 0.05) is 11.3 Å². The van der Waals surface area contributed by atoms with Crippen molar-refractivity contribution in [2.24, 2.45) is 0 Å². The molecule has 0 unspecified atom stereocenters. The molecule has 144 valence electrons. The molecule has 0 radical (unpaired) electrons. The quantitative estimate of drug-likeness (QED) is 0.560. The minimum atomic E-state index is -0.380. The minimum absolute atomic E-state index is 0.165. The van der Waals surface area contributed by atoms with Gasteiger partial charge in [0.25, 0.3) is 11.6 Å². The van der Waals surface area contributed by atoms with E-state index in [0.29, 0.717) is 39.5 Å². The number of hydrogen-bond acceptors (Lipinski definition) is 6. The molecule has 0 saturated carbocycles. The Balaban J connectivity index is 1.59. The number of rotatable bonds is 3. The van der Waals surface area contributed by atoms with E-state index in [1.165, 1.54) is 24.3 Å². The van der Waals surface area contributed by atoms with Crippen LogP contribution in [0.25, 0.3) is 22.4 Å². The zero-order chi connectivity index (χ0) is 20.0. The molecule has 0 fully saturated rings. The first-order valence-electron chi connectivity index (χ1n) is 8.82. The third-order valence-corrected chi connectivity index (χ3v) is 4.63. The number of fused-ring (bicyclic) bond motifs is 2. The summed E-state index contributed by atoms with van der Waals surface area (Å²) in [6.07, 6.45) is 0. The number of hydrogen-bond donors (Lipinski definition) is 1. The molecule has 0 saturated heterocycles. The molecule has 1 amide bonds. The minimum Gasteiger partial charge on any atom is -0.454 e. The summed E-state index contributed by atoms with van der Waals surface area (Å²) in [4.78, 5) is 17.5. The first kappa shape index (κ1) is 17.2. The lowest BCUT2D eigenvalue weighted by Gasteiger charge is -2.09. The summed E-state index contributed by atoms with van der Waals surface area (Å²) < 4.78 is 29.2. The molecule has 8 heteroatoms. The maximum absolute atomic E-state index is 13.1. The van der Waals surface area contributed by atoms with Crippen LogP contribution in [-0.4, -0.2) is 22.8 Å². The van der Waals surface area contributed by atoms with Crippen molar-refractivity contribution in [1.29, 1.82) is 0 Å². The van der Waals surface area contributed by atoms with Crippen LogP contribution in [0.15, 0.2) is 53.1 Å². The molecule has 1 N–H and O–H groups in total. The smallest absolute Gasteiger partial charge is 0.259 e. The van der Waals surface area contributed by atoms with Crippen LogP contribution in [-0.2, 0) is 0 Å². The Labute approximate surface area is 164 Å². The van der Waals surface area contributed by atoms with Gasteiger partial charge in [-0.1, -0.05) is 5.16 Å². The molecule has 0 bridgehead atoms. The molecule has 0 atom stereocenters. The van der Waals surface area contributed by atoms with Gasteiger partial charge in [-0.05, 0) is 55.5 Å². The topological polar surface area (TPSA) is 86.5 Å². The predicted octanol–water partition coefficient (Wildman–Crippen LogP) is 4.32. The highest BCUT2D eigenvalue weighted by Gasteiger charge is 2.21. The zero-order valence-corrected chi connectivity index (χ0v) is 15.2. The Hall–Kier alpha value is -3.94. The van der Waals surface area contributed by atoms with E-state index in [4.69, 9.17) is 14.0 Å². The van der Waals surface area contributed by atoms with E-state index in [1.807, 2.05) is 6.07 Å². The van der Waals surface area contributed by atoms with Gasteiger partial charge < -0.3 is 19.3 Å². The largest absolute Gasteiger partial charge is 0.454 e. The summed E-state index contributed by atoms with van der Waals surface area (Å²) in [5.74, 6) is 0.502. The van der Waals surface area contributed by atoms with Crippen molar-refractivity contribution in [2.75, 3.05) is 12.1 Å². The molecule has 1 aliphatic rings. The van der Waals surface area contributed by atoms with Gasteiger partial charge in [0.1, 0.15) is 5.82 Å². The summed E-state index contributed by atoms with van der Waals surface area (Å²) in [7, 11) is 0. The first-order chi connectivity index (χ1) is 14.1. The Morgan fingerprint density at radius 1 is 1.07 bits per heavy atom. The second-order valence-corrected chi connectivity index (χ2v) is 6.53. The van der Waals surface area contributed by atoms with Crippen molar-refractivity contribution in [3.63, 3.8) is 0 Å². The molecule has 7 nitrogen and oxygen atoms in total. The third kappa shape index (κ3) is 3.04. The van der Waals surface area contributed by atoms with Gasteiger partial charge in [-0.25, -0.2) is 9.37 Å². The highest BCUT2D eigenvalue weighted by Crippen LogP contribution is 2.36. The molecular weight excluding hydrogens is 377 g/mol. The summed E-state index contributed by atoms with van der Waals surface area (Å²) in [6, 6.07) is 12.6. The summed E-state index contributed by atoms with van der Waals surface area (Å²) >= 11 is 0. The van der Waals surface area contributed by atoms with Gasteiger partial charge in [0.15, 0.2) is 11.5 Å². The number of halogens is 1. The average Bonchev–Trinajstić information content (AvgIpc) is 3.35. The maximum Gasteiger partial charge on any atom is 0.259 e. The molecule has 5 rings (SSSR count). The highest BCUT2D eigenvalue weighted by atomic mass is 19.1. The number of aryl methyl sites for hydroxylation is 1. The van der Waals surface area contributed by atoms with Crippen LogP contribution in [0.4, 0.5) is 10.1 Å². The monoisotopic (exact) mass is 391 g/mol. The van der Waals surface area contributed by atoms with Gasteiger partial charge in [0.2, 0.25) is 6.79 Å². The first-order valence-corrected chi connectivity index (χ1v) is 8.82. The fraction of sp³-hybridized carbons (Fsp3) is 0.0952. The van der Waals surface area contributed by atoms with Crippen molar-refractivity contribution in [3.05, 3.63) is 65.6 Å². The van der Waals surface area contributed by atoms with Gasteiger partial charge in [-0.3, -0.25) is 4.79 Å². The van der Waals surface area contributed by atoms with E-state index in [9.17, 15) is 9.18 Å². The number of carbonyl (C=O) groups is 1. The van der Waals surface area contributed by atoms with Crippen molar-refractivity contribution in [2.45, 2.75) is 6.92 Å². The Kier molecular flexibility index (Phi) is 3.90. The number of benzene rings is 2. The number of pyridine rings is 1. The van der Waals surface area contributed by atoms with E-state index in [0.717, 1.165) is 5.56 Å². The summed E-state index contributed by atoms with van der Waals surface area (Å²) in [5.41, 5.74) is 2.89. The van der Waals surface area contributed by atoms with Gasteiger partial charge in [0.05, 0.1) is 22.3 Å². The van der Waals surface area contributed by atoms with Crippen LogP contribution in [0.3, 0.4) is 0 Å². The highest BCUT2D eigenvalue weighted by molar-refractivity contribution is 6.13. The summed E-state index contributed by atoms with van der Waals surface area (Å²) in [5, 5.41) is 7.23. The molecular formula is C21H14FN3O4. The molecule has 2 aromatic carbocycles. The van der Waals surface area contributed by atoms with Crippen molar-refractivity contribution in [1.82, 2.24) is 10.1 Å². The van der Waals surface area contributed by atoms with Crippen LogP contribution in [0.2, 0.25) is 0 Å². The number of carbonyl (C=O) groups excluding carboxylic acids is 1. The van der Waals surface area contributed by atoms with E-state index in [-0.39, 0.29) is 24.2 Å². The molecule has 3 heterocycles. The lowest BCUT2D eigenvalue weighted by molar-refractivity contribution is 0.102. The second-order valence-electron chi connectivity index (χ2n) is 6.53. The van der Waals surface area contributed by atoms with Crippen LogP contribution in [0.5, 0.6) is 11.5 Å². The van der Waals surface area contributed by atoms with E-state index in [1.54, 1.807) is 25.1 Å². The zero-order valence-electron chi connectivity index (χ0n) is 15.2. The van der Waals surface area contributed by atoms with Gasteiger partial charge >= 0.3 is 0 Å².